The number of aliphatic imine (C=N–C) groups is 1. The number of hydrogen-bond acceptors (Lipinski definition) is 4. The molecule has 78 valence electrons. The van der Waals surface area contributed by atoms with Crippen LogP contribution in [0.25, 0.3) is 0 Å². The number of thiol groups is 1. The molecule has 0 amide bonds. The van der Waals surface area contributed by atoms with E-state index in [4.69, 9.17) is 5.73 Å². The molecule has 3 N–H and O–H groups in total. The number of rotatable bonds is 1. The number of nitrogens with zero attached hydrogens (tertiary/aromatic N) is 1. The number of benzene rings is 1. The van der Waals surface area contributed by atoms with Crippen molar-refractivity contribution in [3.05, 3.63) is 40.5 Å². The Morgan fingerprint density at radius 3 is 2.73 bits per heavy atom. The van der Waals surface area contributed by atoms with Crippen molar-refractivity contribution in [2.24, 2.45) is 4.99 Å². The molecule has 0 aliphatic carbocycles. The minimum Gasteiger partial charge on any atom is -0.398 e. The van der Waals surface area contributed by atoms with Crippen molar-refractivity contribution in [1.29, 1.82) is 0 Å². The predicted molar refractivity (Wildman–Crippen MR) is 70.2 cm³/mol. The molecule has 0 saturated heterocycles. The van der Waals surface area contributed by atoms with Gasteiger partial charge in [-0.25, -0.2) is 4.99 Å². The molecule has 0 saturated carbocycles. The third-order valence-electron chi connectivity index (χ3n) is 2.12. The van der Waals surface area contributed by atoms with Crippen molar-refractivity contribution in [3.63, 3.8) is 0 Å². The van der Waals surface area contributed by atoms with E-state index in [1.54, 1.807) is 12.4 Å². The number of anilines is 1. The van der Waals surface area contributed by atoms with Crippen molar-refractivity contribution in [1.82, 2.24) is 5.32 Å². The van der Waals surface area contributed by atoms with Crippen molar-refractivity contribution >= 4 is 40.5 Å². The first-order valence-corrected chi connectivity index (χ1v) is 5.62. The largest absolute Gasteiger partial charge is 0.398 e. The fraction of sp³-hybridized carbons (Fsp3) is 0.100. The molecule has 2 rings (SSSR count). The second kappa shape index (κ2) is 3.90. The molecule has 1 aliphatic heterocycles. The number of hydrogen-bond donors (Lipinski definition) is 3. The maximum atomic E-state index is 5.88. The van der Waals surface area contributed by atoms with Crippen LogP contribution >= 0.6 is 28.6 Å². The van der Waals surface area contributed by atoms with Gasteiger partial charge in [0.2, 0.25) is 4.99 Å². The second-order valence-electron chi connectivity index (χ2n) is 3.19. The number of nitrogens with two attached hydrogens (primary N) is 1. The van der Waals surface area contributed by atoms with Crippen LogP contribution in [0, 0.1) is 0 Å². The summed E-state index contributed by atoms with van der Waals surface area (Å²) in [5.74, 6) is 0. The molecule has 0 spiro atoms. The topological polar surface area (TPSA) is 50.4 Å². The molecule has 0 unspecified atom stereocenters. The van der Waals surface area contributed by atoms with Crippen LogP contribution in [0.5, 0.6) is 0 Å². The van der Waals surface area contributed by atoms with Crippen LogP contribution in [0.15, 0.2) is 39.9 Å². The van der Waals surface area contributed by atoms with Gasteiger partial charge in [0.15, 0.2) is 0 Å². The molecule has 1 aliphatic rings. The number of allylic oxidation sites excluding steroid dienone is 1. The van der Waals surface area contributed by atoms with Gasteiger partial charge in [-0.3, -0.25) is 0 Å². The van der Waals surface area contributed by atoms with Gasteiger partial charge in [-0.1, -0.05) is 18.2 Å². The maximum absolute atomic E-state index is 5.88. The van der Waals surface area contributed by atoms with E-state index in [2.05, 4.69) is 38.9 Å². The highest BCUT2D eigenvalue weighted by Gasteiger charge is 2.28. The highest BCUT2D eigenvalue weighted by atomic mass is 79.9. The Morgan fingerprint density at radius 1 is 1.40 bits per heavy atom. The van der Waals surface area contributed by atoms with E-state index in [0.717, 1.165) is 10.0 Å². The first-order chi connectivity index (χ1) is 7.12. The Morgan fingerprint density at radius 2 is 2.13 bits per heavy atom. The number of halogens is 1. The standard InChI is InChI=1S/C10H10BrN3S/c11-7-5-13-10(15,14-6-7)8-3-1-2-4-9(8)12/h1-6,13,15H,12H2/t10-/m0/s1. The first-order valence-electron chi connectivity index (χ1n) is 4.38. The summed E-state index contributed by atoms with van der Waals surface area (Å²) >= 11 is 7.81. The van der Waals surface area contributed by atoms with Crippen LogP contribution in [0.3, 0.4) is 0 Å². The van der Waals surface area contributed by atoms with E-state index in [1.165, 1.54) is 0 Å². The summed E-state index contributed by atoms with van der Waals surface area (Å²) in [5, 5.41) is 3.08. The smallest absolute Gasteiger partial charge is 0.202 e. The molecule has 3 nitrogen and oxygen atoms in total. The van der Waals surface area contributed by atoms with Gasteiger partial charge in [-0.05, 0) is 22.0 Å². The van der Waals surface area contributed by atoms with Crippen LogP contribution in [0.4, 0.5) is 5.69 Å². The Labute approximate surface area is 102 Å². The molecule has 5 heteroatoms. The van der Waals surface area contributed by atoms with Crippen LogP contribution < -0.4 is 11.1 Å². The van der Waals surface area contributed by atoms with E-state index in [1.807, 2.05) is 24.3 Å². The third kappa shape index (κ3) is 2.03. The van der Waals surface area contributed by atoms with Gasteiger partial charge < -0.3 is 11.1 Å². The van der Waals surface area contributed by atoms with Crippen LogP contribution in [0.1, 0.15) is 5.56 Å². The maximum Gasteiger partial charge on any atom is 0.202 e. The Bertz CT molecular complexity index is 444. The van der Waals surface area contributed by atoms with Crippen molar-refractivity contribution in [2.45, 2.75) is 4.99 Å². The summed E-state index contributed by atoms with van der Waals surface area (Å²) in [4.78, 5) is 3.53. The van der Waals surface area contributed by atoms with E-state index in [0.29, 0.717) is 5.69 Å². The van der Waals surface area contributed by atoms with Gasteiger partial charge in [-0.2, -0.15) is 0 Å². The molecule has 15 heavy (non-hydrogen) atoms. The first kappa shape index (κ1) is 10.6. The molecule has 1 aromatic carbocycles. The van der Waals surface area contributed by atoms with Crippen molar-refractivity contribution < 1.29 is 0 Å². The molecule has 0 fully saturated rings. The molecular formula is C10H10BrN3S. The fourth-order valence-electron chi connectivity index (χ4n) is 1.36. The summed E-state index contributed by atoms with van der Waals surface area (Å²) in [6.45, 7) is 0. The zero-order valence-electron chi connectivity index (χ0n) is 7.81. The SMILES string of the molecule is Nc1ccccc1[C@@]1(S)N=CC(Br)=CN1. The second-order valence-corrected chi connectivity index (χ2v) is 4.75. The lowest BCUT2D eigenvalue weighted by Crippen LogP contribution is -2.34. The quantitative estimate of drug-likeness (QED) is 0.547. The summed E-state index contributed by atoms with van der Waals surface area (Å²) in [5.41, 5.74) is 7.39. The Kier molecular flexibility index (Phi) is 2.75. The van der Waals surface area contributed by atoms with Crippen LogP contribution in [-0.2, 0) is 4.99 Å². The van der Waals surface area contributed by atoms with Crippen LogP contribution in [-0.4, -0.2) is 6.21 Å². The predicted octanol–water partition coefficient (Wildman–Crippen LogP) is 2.22. The van der Waals surface area contributed by atoms with Gasteiger partial charge in [0.1, 0.15) is 0 Å². The Hall–Kier alpha value is -0.940. The number of nitrogen functional groups attached to an aromatic ring is 1. The van der Waals surface area contributed by atoms with Gasteiger partial charge >= 0.3 is 0 Å². The average molecular weight is 284 g/mol. The zero-order valence-corrected chi connectivity index (χ0v) is 10.3. The molecule has 1 heterocycles. The summed E-state index contributed by atoms with van der Waals surface area (Å²) < 4.78 is 0.877. The van der Waals surface area contributed by atoms with E-state index in [9.17, 15) is 0 Å². The van der Waals surface area contributed by atoms with Gasteiger partial charge in [-0.15, -0.1) is 12.6 Å². The number of para-hydroxylation sites is 1. The summed E-state index contributed by atoms with van der Waals surface area (Å²) in [6, 6.07) is 7.53. The monoisotopic (exact) mass is 283 g/mol. The van der Waals surface area contributed by atoms with Gasteiger partial charge in [0.25, 0.3) is 0 Å². The minimum absolute atomic E-state index is 0.670. The van der Waals surface area contributed by atoms with E-state index < -0.39 is 4.99 Å². The van der Waals surface area contributed by atoms with E-state index in [-0.39, 0.29) is 0 Å². The van der Waals surface area contributed by atoms with Crippen molar-refractivity contribution in [3.8, 4) is 0 Å². The molecule has 1 aromatic rings. The minimum atomic E-state index is -0.775. The zero-order chi connectivity index (χ0) is 10.9. The Balaban J connectivity index is 2.40. The molecule has 0 aromatic heterocycles. The van der Waals surface area contributed by atoms with Gasteiger partial charge in [0.05, 0.1) is 4.48 Å². The third-order valence-corrected chi connectivity index (χ3v) is 3.04. The lowest BCUT2D eigenvalue weighted by atomic mass is 10.1. The highest BCUT2D eigenvalue weighted by Crippen LogP contribution is 2.33. The van der Waals surface area contributed by atoms with Crippen LogP contribution in [0.2, 0.25) is 0 Å². The van der Waals surface area contributed by atoms with Crippen molar-refractivity contribution in [2.75, 3.05) is 5.73 Å². The summed E-state index contributed by atoms with van der Waals surface area (Å²) in [7, 11) is 0. The fourth-order valence-corrected chi connectivity index (χ4v) is 1.90. The molecule has 0 radical (unpaired) electrons. The normalized spacial score (nSPS) is 24.5. The highest BCUT2D eigenvalue weighted by molar-refractivity contribution is 9.12. The summed E-state index contributed by atoms with van der Waals surface area (Å²) in [6.07, 6.45) is 3.50. The molecule has 1 atom stereocenters. The average Bonchev–Trinajstić information content (AvgIpc) is 2.23. The lowest BCUT2D eigenvalue weighted by Gasteiger charge is -2.28. The lowest BCUT2D eigenvalue weighted by molar-refractivity contribution is 0.594. The molecule has 0 bridgehead atoms. The van der Waals surface area contributed by atoms with E-state index >= 15 is 0 Å². The molecular weight excluding hydrogens is 274 g/mol. The van der Waals surface area contributed by atoms with Gasteiger partial charge in [0, 0.05) is 23.7 Å². The number of nitrogens with one attached hydrogen (secondary N) is 1.